The first-order chi connectivity index (χ1) is 24.1. The highest BCUT2D eigenvalue weighted by Gasteiger charge is 2.42. The highest BCUT2D eigenvalue weighted by Crippen LogP contribution is 2.36. The Balaban J connectivity index is 1.02. The maximum absolute atomic E-state index is 14.1. The van der Waals surface area contributed by atoms with Gasteiger partial charge in [-0.15, -0.1) is 0 Å². The minimum absolute atomic E-state index is 0.00276. The second kappa shape index (κ2) is 13.4. The van der Waals surface area contributed by atoms with Gasteiger partial charge in [0.2, 0.25) is 11.8 Å². The summed E-state index contributed by atoms with van der Waals surface area (Å²) in [5, 5.41) is 12.5. The smallest absolute Gasteiger partial charge is 0.280 e. The number of carbonyl (C=O) groups is 2. The number of hydrogen-bond donors (Lipinski definition) is 2. The fraction of sp³-hybridized carbons (Fsp3) is 0.316. The van der Waals surface area contributed by atoms with E-state index in [2.05, 4.69) is 4.98 Å². The number of aliphatic hydroxyl groups is 1. The molecule has 2 atom stereocenters. The van der Waals surface area contributed by atoms with E-state index in [1.165, 1.54) is 35.2 Å². The van der Waals surface area contributed by atoms with E-state index in [0.29, 0.717) is 38.3 Å². The third kappa shape index (κ3) is 6.46. The third-order valence-electron chi connectivity index (χ3n) is 10.2. The Morgan fingerprint density at radius 2 is 1.68 bits per heavy atom. The van der Waals surface area contributed by atoms with Crippen molar-refractivity contribution in [3.05, 3.63) is 119 Å². The van der Waals surface area contributed by atoms with Gasteiger partial charge in [0.1, 0.15) is 23.6 Å². The van der Waals surface area contributed by atoms with Crippen LogP contribution in [0.25, 0.3) is 10.9 Å². The molecule has 0 saturated carbocycles. The molecule has 3 N–H and O–H groups in total. The summed E-state index contributed by atoms with van der Waals surface area (Å²) in [7, 11) is 1.90. The number of hydrogen-bond acceptors (Lipinski definition) is 7. The first-order valence-electron chi connectivity index (χ1n) is 16.8. The van der Waals surface area contributed by atoms with Crippen molar-refractivity contribution >= 4 is 28.4 Å². The van der Waals surface area contributed by atoms with E-state index in [1.54, 1.807) is 4.90 Å². The van der Waals surface area contributed by atoms with Gasteiger partial charge in [0.05, 0.1) is 12.1 Å². The van der Waals surface area contributed by atoms with E-state index < -0.39 is 17.0 Å². The summed E-state index contributed by atoms with van der Waals surface area (Å²) in [5.41, 5.74) is 6.59. The summed E-state index contributed by atoms with van der Waals surface area (Å²) in [6, 6.07) is 24.9. The number of carbonyl (C=O) groups excluding carboxylic acids is 2. The molecule has 12 heteroatoms. The third-order valence-corrected chi connectivity index (χ3v) is 10.2. The lowest BCUT2D eigenvalue weighted by atomic mass is 9.79. The van der Waals surface area contributed by atoms with Crippen LogP contribution in [0.1, 0.15) is 41.2 Å². The maximum Gasteiger partial charge on any atom is 0.280 e. The van der Waals surface area contributed by atoms with Crippen molar-refractivity contribution in [1.29, 1.82) is 0 Å². The van der Waals surface area contributed by atoms with Crippen molar-refractivity contribution in [3.63, 3.8) is 0 Å². The molecule has 3 aromatic carbocycles. The summed E-state index contributed by atoms with van der Waals surface area (Å²) < 4.78 is 22.0. The van der Waals surface area contributed by atoms with E-state index in [0.717, 1.165) is 16.5 Å². The Kier molecular flexibility index (Phi) is 8.87. The van der Waals surface area contributed by atoms with Gasteiger partial charge in [-0.1, -0.05) is 48.5 Å². The average molecular weight is 679 g/mol. The van der Waals surface area contributed by atoms with Crippen LogP contribution in [0.2, 0.25) is 0 Å². The topological polar surface area (TPSA) is 136 Å². The summed E-state index contributed by atoms with van der Waals surface area (Å²) in [6.45, 7) is 1.45. The lowest BCUT2D eigenvalue weighted by Gasteiger charge is -2.43. The number of nitrogen functional groups attached to an aromatic ring is 1. The van der Waals surface area contributed by atoms with Crippen LogP contribution in [0.5, 0.6) is 11.6 Å². The molecule has 0 bridgehead atoms. The number of fused-ring (bicyclic) bond motifs is 1. The summed E-state index contributed by atoms with van der Waals surface area (Å²) in [4.78, 5) is 48.9. The molecule has 7 rings (SSSR count). The van der Waals surface area contributed by atoms with Gasteiger partial charge >= 0.3 is 0 Å². The first-order valence-corrected chi connectivity index (χ1v) is 16.8. The number of likely N-dealkylation sites (tertiary alicyclic amines) is 2. The van der Waals surface area contributed by atoms with Gasteiger partial charge in [0, 0.05) is 56.0 Å². The number of halogens is 1. The lowest BCUT2D eigenvalue weighted by Crippen LogP contribution is -2.53. The second-order valence-electron chi connectivity index (χ2n) is 13.3. The van der Waals surface area contributed by atoms with Gasteiger partial charge in [0.15, 0.2) is 5.69 Å². The van der Waals surface area contributed by atoms with E-state index in [4.69, 9.17) is 10.5 Å². The van der Waals surface area contributed by atoms with Crippen LogP contribution in [0.3, 0.4) is 0 Å². The molecule has 258 valence electrons. The Morgan fingerprint density at radius 3 is 2.40 bits per heavy atom. The number of ether oxygens (including phenoxy) is 1. The van der Waals surface area contributed by atoms with E-state index in [1.807, 2.05) is 77.2 Å². The number of rotatable bonds is 7. The molecule has 50 heavy (non-hydrogen) atoms. The van der Waals surface area contributed by atoms with Crippen molar-refractivity contribution in [1.82, 2.24) is 23.9 Å². The van der Waals surface area contributed by atoms with Gasteiger partial charge in [-0.3, -0.25) is 19.0 Å². The quantitative estimate of drug-likeness (QED) is 0.258. The molecule has 0 spiro atoms. The van der Waals surface area contributed by atoms with Crippen molar-refractivity contribution in [3.8, 4) is 11.6 Å². The maximum atomic E-state index is 14.1. The SMILES string of the molecule is Cn1c(C(=O)N2CC[C@@H](C(=O)N3CCC(O)(Cn4cnc(Oc5ccc(F)cc5)c(N)c4=O)CC3)[C@H](c3ccccc3)C2)cc2ccccc21. The zero-order valence-electron chi connectivity index (χ0n) is 27.7. The lowest BCUT2D eigenvalue weighted by molar-refractivity contribution is -0.142. The Labute approximate surface area is 288 Å². The fourth-order valence-corrected chi connectivity index (χ4v) is 7.28. The summed E-state index contributed by atoms with van der Waals surface area (Å²) >= 11 is 0. The molecule has 5 aromatic rings. The molecule has 2 aromatic heterocycles. The zero-order valence-corrected chi connectivity index (χ0v) is 27.7. The normalized spacial score (nSPS) is 19.0. The minimum atomic E-state index is -1.26. The molecular formula is C38H39FN6O5. The highest BCUT2D eigenvalue weighted by atomic mass is 19.1. The van der Waals surface area contributed by atoms with Crippen LogP contribution in [0.15, 0.2) is 96.1 Å². The zero-order chi connectivity index (χ0) is 35.0. The molecule has 4 heterocycles. The Hall–Kier alpha value is -5.49. The standard InChI is InChI=1S/C38H39FN6O5/c1-42-31-10-6-5-9-26(31)21-32(42)36(47)44-18-15-29(30(22-44)25-7-3-2-4-8-25)35(46)43-19-16-38(49,17-20-43)23-45-24-41-34(33(40)37(45)48)50-28-13-11-27(39)12-14-28/h2-14,21,24,29-30,49H,15-20,22-23,40H2,1H3/t29-,30+/m1/s1. The highest BCUT2D eigenvalue weighted by molar-refractivity contribution is 5.99. The number of aryl methyl sites for hydroxylation is 1. The Morgan fingerprint density at radius 1 is 0.980 bits per heavy atom. The van der Waals surface area contributed by atoms with Crippen molar-refractivity contribution in [2.75, 3.05) is 31.9 Å². The molecule has 2 saturated heterocycles. The van der Waals surface area contributed by atoms with Crippen molar-refractivity contribution in [2.24, 2.45) is 13.0 Å². The molecule has 2 aliphatic rings. The largest absolute Gasteiger partial charge is 0.437 e. The number of para-hydroxylation sites is 1. The van der Waals surface area contributed by atoms with Gasteiger partial charge in [-0.25, -0.2) is 9.37 Å². The number of piperidine rings is 2. The van der Waals surface area contributed by atoms with Crippen LogP contribution in [-0.4, -0.2) is 72.6 Å². The molecule has 0 aliphatic carbocycles. The number of anilines is 1. The molecule has 0 unspecified atom stereocenters. The first kappa shape index (κ1) is 33.0. The van der Waals surface area contributed by atoms with Gasteiger partial charge < -0.3 is 29.9 Å². The fourth-order valence-electron chi connectivity index (χ4n) is 7.28. The molecule has 2 aliphatic heterocycles. The molecule has 11 nitrogen and oxygen atoms in total. The van der Waals surface area contributed by atoms with Gasteiger partial charge in [-0.05, 0) is 61.2 Å². The molecule has 2 amide bonds. The van der Waals surface area contributed by atoms with Crippen LogP contribution < -0.4 is 16.0 Å². The van der Waals surface area contributed by atoms with Gasteiger partial charge in [-0.2, -0.15) is 0 Å². The Bertz CT molecular complexity index is 2090. The number of nitrogens with zero attached hydrogens (tertiary/aromatic N) is 5. The van der Waals surface area contributed by atoms with Crippen LogP contribution in [0.4, 0.5) is 10.1 Å². The molecule has 0 radical (unpaired) electrons. The predicted octanol–water partition coefficient (Wildman–Crippen LogP) is 4.55. The number of amides is 2. The van der Waals surface area contributed by atoms with Crippen LogP contribution in [0, 0.1) is 11.7 Å². The predicted molar refractivity (Wildman–Crippen MR) is 186 cm³/mol. The van der Waals surface area contributed by atoms with E-state index in [-0.39, 0.29) is 60.4 Å². The minimum Gasteiger partial charge on any atom is -0.437 e. The van der Waals surface area contributed by atoms with Crippen LogP contribution in [-0.2, 0) is 18.4 Å². The summed E-state index contributed by atoms with van der Waals surface area (Å²) in [6.07, 6.45) is 2.30. The average Bonchev–Trinajstić information content (AvgIpc) is 3.48. The number of nitrogens with two attached hydrogens (primary N) is 1. The number of aromatic nitrogens is 3. The van der Waals surface area contributed by atoms with Gasteiger partial charge in [0.25, 0.3) is 11.5 Å². The number of benzene rings is 3. The summed E-state index contributed by atoms with van der Waals surface area (Å²) in [5.74, 6) is -0.846. The van der Waals surface area contributed by atoms with Crippen molar-refractivity contribution in [2.45, 2.75) is 37.3 Å². The second-order valence-corrected chi connectivity index (χ2v) is 13.3. The molecule has 2 fully saturated rings. The van der Waals surface area contributed by atoms with Crippen LogP contribution >= 0.6 is 0 Å². The molecular weight excluding hydrogens is 639 g/mol. The van der Waals surface area contributed by atoms with E-state index in [9.17, 15) is 23.9 Å². The van der Waals surface area contributed by atoms with E-state index >= 15 is 0 Å². The monoisotopic (exact) mass is 678 g/mol. The van der Waals surface area contributed by atoms with Crippen molar-refractivity contribution < 1.29 is 23.8 Å².